The van der Waals surface area contributed by atoms with Crippen LogP contribution < -0.4 is 5.73 Å². The van der Waals surface area contributed by atoms with Crippen LogP contribution >= 0.6 is 0 Å². The van der Waals surface area contributed by atoms with Gasteiger partial charge in [0.2, 0.25) is 0 Å². The monoisotopic (exact) mass is 114 g/mol. The van der Waals surface area contributed by atoms with E-state index in [1.807, 2.05) is 0 Å². The highest BCUT2D eigenvalue weighted by Gasteiger charge is 2.13. The first-order chi connectivity index (χ1) is 3.93. The Kier molecular flexibility index (Phi) is 2.34. The summed E-state index contributed by atoms with van der Waals surface area (Å²) >= 11 is 0. The molecule has 1 rings (SSSR count). The standard InChI is InChI=1S/C7H15N/c8-6-5-7-3-1-2-4-7/h7H,1-6,8H2/p+1. The minimum atomic E-state index is 1.05. The van der Waals surface area contributed by atoms with Crippen molar-refractivity contribution in [2.75, 3.05) is 6.54 Å². The Balaban J connectivity index is 2.06. The van der Waals surface area contributed by atoms with Crippen LogP contribution in [0.1, 0.15) is 32.1 Å². The van der Waals surface area contributed by atoms with E-state index in [2.05, 4.69) is 5.73 Å². The zero-order valence-corrected chi connectivity index (χ0v) is 5.53. The van der Waals surface area contributed by atoms with E-state index < -0.39 is 0 Å². The molecule has 1 fully saturated rings. The summed E-state index contributed by atoms with van der Waals surface area (Å²) in [5, 5.41) is 0. The first kappa shape index (κ1) is 6.09. The molecule has 0 aliphatic heterocycles. The van der Waals surface area contributed by atoms with Crippen molar-refractivity contribution in [2.45, 2.75) is 32.1 Å². The van der Waals surface area contributed by atoms with Gasteiger partial charge in [-0.2, -0.15) is 0 Å². The van der Waals surface area contributed by atoms with Gasteiger partial charge in [0.15, 0.2) is 0 Å². The third kappa shape index (κ3) is 1.48. The van der Waals surface area contributed by atoms with Crippen molar-refractivity contribution in [1.29, 1.82) is 0 Å². The molecule has 0 unspecified atom stereocenters. The zero-order valence-electron chi connectivity index (χ0n) is 5.53. The lowest BCUT2D eigenvalue weighted by Crippen LogP contribution is -2.50. The number of hydrogen-bond acceptors (Lipinski definition) is 0. The fraction of sp³-hybridized carbons (Fsp3) is 1.00. The van der Waals surface area contributed by atoms with Gasteiger partial charge in [0, 0.05) is 0 Å². The molecule has 0 amide bonds. The van der Waals surface area contributed by atoms with Crippen molar-refractivity contribution in [3.8, 4) is 0 Å². The Morgan fingerprint density at radius 1 is 1.25 bits per heavy atom. The van der Waals surface area contributed by atoms with Gasteiger partial charge in [0.1, 0.15) is 0 Å². The molecule has 0 heterocycles. The summed E-state index contributed by atoms with van der Waals surface area (Å²) in [4.78, 5) is 0. The first-order valence-corrected chi connectivity index (χ1v) is 3.72. The van der Waals surface area contributed by atoms with Crippen molar-refractivity contribution in [1.82, 2.24) is 0 Å². The van der Waals surface area contributed by atoms with Crippen LogP contribution in [0, 0.1) is 5.92 Å². The summed E-state index contributed by atoms with van der Waals surface area (Å²) in [5.41, 5.74) is 3.85. The molecule has 0 atom stereocenters. The predicted molar refractivity (Wildman–Crippen MR) is 34.3 cm³/mol. The topological polar surface area (TPSA) is 27.6 Å². The van der Waals surface area contributed by atoms with E-state index in [0.717, 1.165) is 12.5 Å². The molecule has 0 aromatic heterocycles. The first-order valence-electron chi connectivity index (χ1n) is 3.72. The van der Waals surface area contributed by atoms with E-state index in [4.69, 9.17) is 0 Å². The quantitative estimate of drug-likeness (QED) is 0.550. The lowest BCUT2D eigenvalue weighted by molar-refractivity contribution is -0.370. The van der Waals surface area contributed by atoms with Crippen LogP contribution in [0.4, 0.5) is 0 Å². The summed E-state index contributed by atoms with van der Waals surface area (Å²) in [6.45, 7) is 1.14. The molecule has 0 radical (unpaired) electrons. The normalized spacial score (nSPS) is 22.1. The summed E-state index contributed by atoms with van der Waals surface area (Å²) in [6.07, 6.45) is 7.29. The molecule has 1 saturated carbocycles. The maximum atomic E-state index is 3.85. The van der Waals surface area contributed by atoms with Gasteiger partial charge in [-0.05, 0) is 12.3 Å². The van der Waals surface area contributed by atoms with Crippen LogP contribution in [0.5, 0.6) is 0 Å². The fourth-order valence-corrected chi connectivity index (χ4v) is 1.59. The van der Waals surface area contributed by atoms with Crippen LogP contribution in [0.15, 0.2) is 0 Å². The second kappa shape index (κ2) is 3.08. The Morgan fingerprint density at radius 2 is 1.88 bits per heavy atom. The molecule has 1 aliphatic rings. The van der Waals surface area contributed by atoms with Gasteiger partial charge in [-0.25, -0.2) is 0 Å². The van der Waals surface area contributed by atoms with Gasteiger partial charge in [-0.15, -0.1) is 0 Å². The Hall–Kier alpha value is -0.0400. The highest BCUT2D eigenvalue weighted by molar-refractivity contribution is 4.65. The lowest BCUT2D eigenvalue weighted by Gasteiger charge is -2.01. The zero-order chi connectivity index (χ0) is 5.82. The third-order valence-corrected chi connectivity index (χ3v) is 2.09. The summed E-state index contributed by atoms with van der Waals surface area (Å²) in [7, 11) is 0. The van der Waals surface area contributed by atoms with Crippen molar-refractivity contribution in [2.24, 2.45) is 5.92 Å². The van der Waals surface area contributed by atoms with Crippen LogP contribution in [-0.2, 0) is 0 Å². The molecule has 0 aromatic rings. The summed E-state index contributed by atoms with van der Waals surface area (Å²) < 4.78 is 0. The SMILES string of the molecule is [NH3+]CCC1CCCC1. The molecular weight excluding hydrogens is 98.1 g/mol. The van der Waals surface area contributed by atoms with E-state index in [9.17, 15) is 0 Å². The molecular formula is C7H16N+. The van der Waals surface area contributed by atoms with Crippen LogP contribution in [-0.4, -0.2) is 6.54 Å². The maximum Gasteiger partial charge on any atom is 0.0742 e. The smallest absolute Gasteiger partial charge is 0.0742 e. The van der Waals surface area contributed by atoms with Gasteiger partial charge < -0.3 is 5.73 Å². The van der Waals surface area contributed by atoms with E-state index in [-0.39, 0.29) is 0 Å². The Morgan fingerprint density at radius 3 is 2.38 bits per heavy atom. The maximum absolute atomic E-state index is 3.85. The molecule has 48 valence electrons. The van der Waals surface area contributed by atoms with E-state index in [1.165, 1.54) is 32.1 Å². The molecule has 0 bridgehead atoms. The Bertz CT molecular complexity index is 55.4. The predicted octanol–water partition coefficient (Wildman–Crippen LogP) is 0.809. The van der Waals surface area contributed by atoms with Crippen molar-refractivity contribution in [3.63, 3.8) is 0 Å². The average molecular weight is 114 g/mol. The number of rotatable bonds is 2. The second-order valence-corrected chi connectivity index (χ2v) is 2.79. The van der Waals surface area contributed by atoms with Gasteiger partial charge in [0.05, 0.1) is 6.54 Å². The van der Waals surface area contributed by atoms with Crippen LogP contribution in [0.2, 0.25) is 0 Å². The lowest BCUT2D eigenvalue weighted by atomic mass is 10.1. The fourth-order valence-electron chi connectivity index (χ4n) is 1.59. The van der Waals surface area contributed by atoms with Crippen molar-refractivity contribution < 1.29 is 5.73 Å². The molecule has 1 aliphatic carbocycles. The number of hydrogen-bond donors (Lipinski definition) is 1. The molecule has 3 N–H and O–H groups in total. The van der Waals surface area contributed by atoms with Crippen molar-refractivity contribution >= 4 is 0 Å². The van der Waals surface area contributed by atoms with Gasteiger partial charge >= 0.3 is 0 Å². The molecule has 0 spiro atoms. The molecule has 0 aromatic carbocycles. The molecule has 8 heavy (non-hydrogen) atoms. The second-order valence-electron chi connectivity index (χ2n) is 2.79. The van der Waals surface area contributed by atoms with E-state index in [1.54, 1.807) is 0 Å². The molecule has 1 nitrogen and oxygen atoms in total. The minimum absolute atomic E-state index is 1.05. The number of quaternary nitrogens is 1. The summed E-state index contributed by atoms with van der Waals surface area (Å²) in [5.74, 6) is 1.05. The molecule has 0 saturated heterocycles. The van der Waals surface area contributed by atoms with Crippen LogP contribution in [0.25, 0.3) is 0 Å². The third-order valence-electron chi connectivity index (χ3n) is 2.09. The average Bonchev–Trinajstić information content (AvgIpc) is 2.19. The van der Waals surface area contributed by atoms with Gasteiger partial charge in [-0.3, -0.25) is 0 Å². The largest absolute Gasteiger partial charge is 0.358 e. The summed E-state index contributed by atoms with van der Waals surface area (Å²) in [6, 6.07) is 0. The molecule has 1 heteroatoms. The minimum Gasteiger partial charge on any atom is -0.358 e. The van der Waals surface area contributed by atoms with Crippen LogP contribution in [0.3, 0.4) is 0 Å². The highest BCUT2D eigenvalue weighted by atomic mass is 14.5. The van der Waals surface area contributed by atoms with E-state index in [0.29, 0.717) is 0 Å². The Labute approximate surface area is 51.3 Å². The van der Waals surface area contributed by atoms with Gasteiger partial charge in [0.25, 0.3) is 0 Å². The van der Waals surface area contributed by atoms with E-state index >= 15 is 0 Å². The van der Waals surface area contributed by atoms with Gasteiger partial charge in [-0.1, -0.05) is 25.7 Å². The van der Waals surface area contributed by atoms with Crippen molar-refractivity contribution in [3.05, 3.63) is 0 Å². The highest BCUT2D eigenvalue weighted by Crippen LogP contribution is 2.26.